The average Bonchev–Trinajstić information content (AvgIpc) is 3.01. The zero-order valence-corrected chi connectivity index (χ0v) is 17.6. The molecule has 1 N–H and O–H groups in total. The Balaban J connectivity index is 1.58. The van der Waals surface area contributed by atoms with Crippen LogP contribution in [0.25, 0.3) is 0 Å². The number of nitrogens with zero attached hydrogens (tertiary/aromatic N) is 1. The average molecular weight is 405 g/mol. The van der Waals surface area contributed by atoms with Crippen LogP contribution in [-0.4, -0.2) is 35.5 Å². The van der Waals surface area contributed by atoms with Crippen LogP contribution in [0.5, 0.6) is 0 Å². The molecule has 1 aliphatic heterocycles. The molecule has 0 saturated heterocycles. The molecule has 156 valence electrons. The number of ether oxygens (including phenoxy) is 1. The highest BCUT2D eigenvalue weighted by Crippen LogP contribution is 2.57. The molecule has 3 atom stereocenters. The number of methoxy groups -OCH3 is 1. The van der Waals surface area contributed by atoms with Gasteiger partial charge in [-0.2, -0.15) is 0 Å². The highest BCUT2D eigenvalue weighted by Gasteiger charge is 2.59. The number of hydrogen-bond acceptors (Lipinski definition) is 3. The number of urea groups is 1. The van der Waals surface area contributed by atoms with E-state index in [0.29, 0.717) is 5.57 Å². The van der Waals surface area contributed by atoms with E-state index in [1.165, 1.54) is 11.3 Å². The largest absolute Gasteiger partial charge is 0.501 e. The van der Waals surface area contributed by atoms with Gasteiger partial charge in [0.1, 0.15) is 11.3 Å². The number of benzene rings is 1. The molecule has 3 amide bonds. The minimum Gasteiger partial charge on any atom is -0.501 e. The summed E-state index contributed by atoms with van der Waals surface area (Å²) in [6.07, 6.45) is 11.5. The van der Waals surface area contributed by atoms with E-state index in [0.717, 1.165) is 42.6 Å². The van der Waals surface area contributed by atoms with Crippen molar-refractivity contribution in [3.8, 4) is 0 Å². The van der Waals surface area contributed by atoms with Crippen molar-refractivity contribution in [2.24, 2.45) is 5.92 Å². The predicted molar refractivity (Wildman–Crippen MR) is 115 cm³/mol. The second-order valence-corrected chi connectivity index (χ2v) is 8.81. The van der Waals surface area contributed by atoms with E-state index in [1.807, 2.05) is 37.3 Å². The van der Waals surface area contributed by atoms with Crippen LogP contribution in [0.4, 0.5) is 4.79 Å². The summed E-state index contributed by atoms with van der Waals surface area (Å²) in [7, 11) is 1.67. The van der Waals surface area contributed by atoms with Crippen LogP contribution < -0.4 is 5.32 Å². The Morgan fingerprint density at radius 1 is 1.17 bits per heavy atom. The van der Waals surface area contributed by atoms with E-state index in [1.54, 1.807) is 7.11 Å². The van der Waals surface area contributed by atoms with Gasteiger partial charge in [-0.25, -0.2) is 9.69 Å². The van der Waals surface area contributed by atoms with Crippen molar-refractivity contribution in [3.63, 3.8) is 0 Å². The lowest BCUT2D eigenvalue weighted by Crippen LogP contribution is -2.58. The van der Waals surface area contributed by atoms with E-state index in [2.05, 4.69) is 23.5 Å². The third-order valence-electron chi connectivity index (χ3n) is 7.18. The van der Waals surface area contributed by atoms with Gasteiger partial charge in [0, 0.05) is 23.5 Å². The first kappa shape index (κ1) is 19.2. The maximum atomic E-state index is 13.4. The Kier molecular flexibility index (Phi) is 4.57. The Morgan fingerprint density at radius 3 is 2.60 bits per heavy atom. The van der Waals surface area contributed by atoms with Gasteiger partial charge in [0.25, 0.3) is 5.91 Å². The van der Waals surface area contributed by atoms with Crippen LogP contribution in [0, 0.1) is 5.92 Å². The van der Waals surface area contributed by atoms with Gasteiger partial charge in [-0.1, -0.05) is 61.7 Å². The standard InChI is InChI=1S/C25H28N2O3/c1-16-22-21(17-9-5-3-6-10-17)19-13-14-25(22,15-20(19)30-2)27(23(16)28)24(29)26-18-11-7-4-8-12-18/h3,5-6,9-10,13-15,18-19,21H,4,7-8,11-12H2,1-2H3,(H,26,29)/t19?,21-,25?/m1/s1. The fourth-order valence-electron chi connectivity index (χ4n) is 5.80. The van der Waals surface area contributed by atoms with Gasteiger partial charge in [0.2, 0.25) is 0 Å². The van der Waals surface area contributed by atoms with Crippen LogP contribution >= 0.6 is 0 Å². The smallest absolute Gasteiger partial charge is 0.325 e. The minimum absolute atomic E-state index is 0.0208. The van der Waals surface area contributed by atoms with E-state index in [9.17, 15) is 9.59 Å². The van der Waals surface area contributed by atoms with E-state index in [-0.39, 0.29) is 29.8 Å². The van der Waals surface area contributed by atoms with Gasteiger partial charge in [-0.15, -0.1) is 0 Å². The molecule has 0 radical (unpaired) electrons. The molecular formula is C25H28N2O3. The SMILES string of the molecule is COC1=CC23C=CC1[C@@H](c1ccccc1)C2=C(C)C(=O)N3C(=O)NC1CCCCC1. The van der Waals surface area contributed by atoms with Crippen LogP contribution in [-0.2, 0) is 9.53 Å². The maximum Gasteiger partial charge on any atom is 0.325 e. The van der Waals surface area contributed by atoms with Crippen molar-refractivity contribution >= 4 is 11.9 Å². The molecule has 1 fully saturated rings. The molecule has 6 rings (SSSR count). The van der Waals surface area contributed by atoms with Crippen molar-refractivity contribution in [1.29, 1.82) is 0 Å². The van der Waals surface area contributed by atoms with E-state index in [4.69, 9.17) is 4.74 Å². The number of allylic oxidation sites excluding steroid dienone is 1. The molecule has 1 heterocycles. The monoisotopic (exact) mass is 404 g/mol. The van der Waals surface area contributed by atoms with Gasteiger partial charge >= 0.3 is 6.03 Å². The summed E-state index contributed by atoms with van der Waals surface area (Å²) in [5.41, 5.74) is 1.92. The molecular weight excluding hydrogens is 376 g/mol. The number of rotatable bonds is 3. The van der Waals surface area contributed by atoms with Crippen LogP contribution in [0.2, 0.25) is 0 Å². The number of amides is 3. The van der Waals surface area contributed by atoms with Crippen molar-refractivity contribution in [1.82, 2.24) is 10.2 Å². The lowest BCUT2D eigenvalue weighted by molar-refractivity contribution is -0.124. The zero-order valence-electron chi connectivity index (χ0n) is 17.6. The highest BCUT2D eigenvalue weighted by atomic mass is 16.5. The third kappa shape index (κ3) is 2.68. The third-order valence-corrected chi connectivity index (χ3v) is 7.18. The fraction of sp³-hybridized carbons (Fsp3) is 0.440. The van der Waals surface area contributed by atoms with Gasteiger partial charge in [-0.05, 0) is 37.0 Å². The second kappa shape index (κ2) is 7.15. The van der Waals surface area contributed by atoms with Crippen molar-refractivity contribution in [2.45, 2.75) is 56.5 Å². The normalized spacial score (nSPS) is 30.4. The summed E-state index contributed by atoms with van der Waals surface area (Å²) in [6, 6.07) is 10.1. The molecule has 4 aliphatic carbocycles. The van der Waals surface area contributed by atoms with Crippen LogP contribution in [0.15, 0.2) is 65.5 Å². The molecule has 5 aliphatic rings. The Hall–Kier alpha value is -2.82. The summed E-state index contributed by atoms with van der Waals surface area (Å²) >= 11 is 0. The van der Waals surface area contributed by atoms with Gasteiger partial charge in [0.15, 0.2) is 0 Å². The summed E-state index contributed by atoms with van der Waals surface area (Å²) < 4.78 is 5.75. The zero-order chi connectivity index (χ0) is 20.9. The lowest BCUT2D eigenvalue weighted by Gasteiger charge is -2.47. The fourth-order valence-corrected chi connectivity index (χ4v) is 5.80. The molecule has 5 heteroatoms. The molecule has 1 aromatic rings. The highest BCUT2D eigenvalue weighted by molar-refractivity contribution is 6.10. The van der Waals surface area contributed by atoms with Crippen LogP contribution in [0.1, 0.15) is 50.5 Å². The summed E-state index contributed by atoms with van der Waals surface area (Å²) in [5, 5.41) is 3.14. The lowest BCUT2D eigenvalue weighted by atomic mass is 9.62. The molecule has 1 aromatic carbocycles. The molecule has 5 nitrogen and oxygen atoms in total. The van der Waals surface area contributed by atoms with E-state index >= 15 is 0 Å². The Bertz CT molecular complexity index is 971. The topological polar surface area (TPSA) is 58.6 Å². The quantitative estimate of drug-likeness (QED) is 0.758. The first-order chi connectivity index (χ1) is 14.6. The van der Waals surface area contributed by atoms with Gasteiger partial charge in [-0.3, -0.25) is 4.79 Å². The number of carbonyl (C=O) groups is 2. The molecule has 2 unspecified atom stereocenters. The van der Waals surface area contributed by atoms with Crippen molar-refractivity contribution in [2.75, 3.05) is 7.11 Å². The predicted octanol–water partition coefficient (Wildman–Crippen LogP) is 4.44. The maximum absolute atomic E-state index is 13.4. The first-order valence-electron chi connectivity index (χ1n) is 10.9. The number of hydrogen-bond donors (Lipinski definition) is 1. The van der Waals surface area contributed by atoms with Gasteiger partial charge in [0.05, 0.1) is 7.11 Å². The van der Waals surface area contributed by atoms with Crippen molar-refractivity contribution in [3.05, 3.63) is 71.0 Å². The Labute approximate surface area is 177 Å². The Morgan fingerprint density at radius 2 is 1.90 bits per heavy atom. The van der Waals surface area contributed by atoms with Crippen LogP contribution in [0.3, 0.4) is 0 Å². The molecule has 0 aromatic heterocycles. The molecule has 30 heavy (non-hydrogen) atoms. The van der Waals surface area contributed by atoms with E-state index < -0.39 is 5.54 Å². The van der Waals surface area contributed by atoms with Crippen molar-refractivity contribution < 1.29 is 14.3 Å². The van der Waals surface area contributed by atoms with Gasteiger partial charge < -0.3 is 10.1 Å². The second-order valence-electron chi connectivity index (χ2n) is 8.81. The molecule has 1 saturated carbocycles. The number of carbonyl (C=O) groups excluding carboxylic acids is 2. The summed E-state index contributed by atoms with van der Waals surface area (Å²) in [6.45, 7) is 1.86. The summed E-state index contributed by atoms with van der Waals surface area (Å²) in [5.74, 6) is 0.608. The summed E-state index contributed by atoms with van der Waals surface area (Å²) in [4.78, 5) is 28.2. The molecule has 1 spiro atoms. The first-order valence-corrected chi connectivity index (χ1v) is 10.9. The number of nitrogens with one attached hydrogen (secondary N) is 1. The molecule has 2 bridgehead atoms. The number of imide groups is 1. The minimum atomic E-state index is -0.888.